The SMILES string of the molecule is CCNC(=NCc1cccc(C(=O)NC(C)CC)c1)NCc1ccnn1C. The summed E-state index contributed by atoms with van der Waals surface area (Å²) in [5.41, 5.74) is 2.73. The predicted molar refractivity (Wildman–Crippen MR) is 109 cm³/mol. The van der Waals surface area contributed by atoms with E-state index in [4.69, 9.17) is 0 Å². The van der Waals surface area contributed by atoms with Crippen LogP contribution in [0.25, 0.3) is 0 Å². The Morgan fingerprint density at radius 3 is 2.74 bits per heavy atom. The van der Waals surface area contributed by atoms with Crippen molar-refractivity contribution in [3.63, 3.8) is 0 Å². The first-order chi connectivity index (χ1) is 13.0. The number of benzene rings is 1. The normalized spacial score (nSPS) is 12.5. The minimum absolute atomic E-state index is 0.0450. The van der Waals surface area contributed by atoms with Gasteiger partial charge in [0.2, 0.25) is 0 Å². The smallest absolute Gasteiger partial charge is 0.251 e. The molecule has 0 bridgehead atoms. The molecule has 2 aromatic rings. The minimum atomic E-state index is -0.0450. The average molecular weight is 371 g/mol. The van der Waals surface area contributed by atoms with Gasteiger partial charge in [0.1, 0.15) is 0 Å². The third kappa shape index (κ3) is 6.44. The Morgan fingerprint density at radius 2 is 2.07 bits per heavy atom. The van der Waals surface area contributed by atoms with E-state index in [1.165, 1.54) is 0 Å². The van der Waals surface area contributed by atoms with Crippen LogP contribution in [0.2, 0.25) is 0 Å². The van der Waals surface area contributed by atoms with Gasteiger partial charge in [0.05, 0.1) is 18.8 Å². The molecule has 0 aliphatic heterocycles. The van der Waals surface area contributed by atoms with Crippen molar-refractivity contribution in [2.24, 2.45) is 12.0 Å². The molecule has 1 unspecified atom stereocenters. The van der Waals surface area contributed by atoms with E-state index in [2.05, 4.69) is 33.0 Å². The lowest BCUT2D eigenvalue weighted by molar-refractivity contribution is 0.0939. The zero-order valence-electron chi connectivity index (χ0n) is 16.6. The van der Waals surface area contributed by atoms with E-state index in [0.29, 0.717) is 18.7 Å². The number of nitrogens with one attached hydrogen (secondary N) is 3. The Kier molecular flexibility index (Phi) is 7.85. The molecule has 2 rings (SSSR count). The van der Waals surface area contributed by atoms with Crippen LogP contribution in [-0.4, -0.2) is 34.2 Å². The van der Waals surface area contributed by atoms with Crippen LogP contribution in [-0.2, 0) is 20.1 Å². The second kappa shape index (κ2) is 10.4. The summed E-state index contributed by atoms with van der Waals surface area (Å²) in [6.45, 7) is 7.99. The zero-order valence-corrected chi connectivity index (χ0v) is 16.6. The van der Waals surface area contributed by atoms with Crippen molar-refractivity contribution in [2.75, 3.05) is 6.54 Å². The Balaban J connectivity index is 2.01. The molecule has 1 aromatic heterocycles. The molecule has 1 aromatic carbocycles. The van der Waals surface area contributed by atoms with Crippen LogP contribution >= 0.6 is 0 Å². The molecule has 0 radical (unpaired) electrons. The Hall–Kier alpha value is -2.83. The predicted octanol–water partition coefficient (Wildman–Crippen LogP) is 2.20. The molecule has 7 heteroatoms. The largest absolute Gasteiger partial charge is 0.357 e. The van der Waals surface area contributed by atoms with Crippen LogP contribution in [0.15, 0.2) is 41.5 Å². The molecule has 146 valence electrons. The van der Waals surface area contributed by atoms with Gasteiger partial charge in [-0.2, -0.15) is 5.10 Å². The maximum absolute atomic E-state index is 12.3. The van der Waals surface area contributed by atoms with Gasteiger partial charge in [-0.3, -0.25) is 9.48 Å². The van der Waals surface area contributed by atoms with Gasteiger partial charge in [0, 0.05) is 31.4 Å². The molecule has 0 fully saturated rings. The maximum Gasteiger partial charge on any atom is 0.251 e. The monoisotopic (exact) mass is 370 g/mol. The van der Waals surface area contributed by atoms with E-state index >= 15 is 0 Å². The summed E-state index contributed by atoms with van der Waals surface area (Å²) in [5, 5.41) is 13.7. The van der Waals surface area contributed by atoms with Gasteiger partial charge >= 0.3 is 0 Å². The molecule has 0 saturated heterocycles. The van der Waals surface area contributed by atoms with Crippen LogP contribution in [0.5, 0.6) is 0 Å². The van der Waals surface area contributed by atoms with E-state index in [1.54, 1.807) is 6.20 Å². The summed E-state index contributed by atoms with van der Waals surface area (Å²) in [6, 6.07) is 9.73. The molecule has 0 aliphatic carbocycles. The van der Waals surface area contributed by atoms with E-state index < -0.39 is 0 Å². The highest BCUT2D eigenvalue weighted by atomic mass is 16.1. The van der Waals surface area contributed by atoms with Gasteiger partial charge in [0.25, 0.3) is 5.91 Å². The Bertz CT molecular complexity index is 767. The highest BCUT2D eigenvalue weighted by Crippen LogP contribution is 2.07. The topological polar surface area (TPSA) is 83.3 Å². The molecule has 1 amide bonds. The first-order valence-corrected chi connectivity index (χ1v) is 9.42. The zero-order chi connectivity index (χ0) is 19.6. The lowest BCUT2D eigenvalue weighted by Gasteiger charge is -2.13. The quantitative estimate of drug-likeness (QED) is 0.491. The van der Waals surface area contributed by atoms with Crippen LogP contribution in [0.3, 0.4) is 0 Å². The van der Waals surface area contributed by atoms with Gasteiger partial charge in [-0.25, -0.2) is 4.99 Å². The average Bonchev–Trinajstić information content (AvgIpc) is 3.09. The number of guanidine groups is 1. The lowest BCUT2D eigenvalue weighted by Crippen LogP contribution is -2.37. The lowest BCUT2D eigenvalue weighted by atomic mass is 10.1. The van der Waals surface area contributed by atoms with Gasteiger partial charge in [-0.15, -0.1) is 0 Å². The summed E-state index contributed by atoms with van der Waals surface area (Å²) in [6.07, 6.45) is 2.68. The molecule has 0 saturated carbocycles. The highest BCUT2D eigenvalue weighted by molar-refractivity contribution is 5.94. The standard InChI is InChI=1S/C20H30N6O/c1-5-15(3)25-19(27)17-9-7-8-16(12-17)13-22-20(21-6-2)23-14-18-10-11-24-26(18)4/h7-12,15H,5-6,13-14H2,1-4H3,(H,25,27)(H2,21,22,23). The van der Waals surface area contributed by atoms with Gasteiger partial charge < -0.3 is 16.0 Å². The molecule has 7 nitrogen and oxygen atoms in total. The summed E-state index contributed by atoms with van der Waals surface area (Å²) < 4.78 is 1.83. The number of aliphatic imine (C=N–C) groups is 1. The van der Waals surface area contributed by atoms with Crippen molar-refractivity contribution in [2.45, 2.75) is 46.3 Å². The van der Waals surface area contributed by atoms with E-state index in [-0.39, 0.29) is 11.9 Å². The van der Waals surface area contributed by atoms with Crippen molar-refractivity contribution in [3.8, 4) is 0 Å². The molecular formula is C20H30N6O. The molecule has 1 atom stereocenters. The van der Waals surface area contributed by atoms with Crippen LogP contribution in [0.1, 0.15) is 48.8 Å². The number of carbonyl (C=O) groups excluding carboxylic acids is 1. The number of carbonyl (C=O) groups is 1. The number of hydrogen-bond acceptors (Lipinski definition) is 3. The summed E-state index contributed by atoms with van der Waals surface area (Å²) >= 11 is 0. The fourth-order valence-corrected chi connectivity index (χ4v) is 2.48. The number of amides is 1. The summed E-state index contributed by atoms with van der Waals surface area (Å²) in [4.78, 5) is 16.9. The first kappa shape index (κ1) is 20.5. The molecule has 1 heterocycles. The van der Waals surface area contributed by atoms with E-state index in [1.807, 2.05) is 55.9 Å². The third-order valence-electron chi connectivity index (χ3n) is 4.30. The fourth-order valence-electron chi connectivity index (χ4n) is 2.48. The van der Waals surface area contributed by atoms with Crippen LogP contribution in [0, 0.1) is 0 Å². The summed E-state index contributed by atoms with van der Waals surface area (Å²) in [5.74, 6) is 0.685. The molecular weight excluding hydrogens is 340 g/mol. The number of rotatable bonds is 8. The van der Waals surface area contributed by atoms with Crippen molar-refractivity contribution >= 4 is 11.9 Å². The van der Waals surface area contributed by atoms with Crippen LogP contribution in [0.4, 0.5) is 0 Å². The van der Waals surface area contributed by atoms with Crippen molar-refractivity contribution in [1.82, 2.24) is 25.7 Å². The summed E-state index contributed by atoms with van der Waals surface area (Å²) in [7, 11) is 1.91. The van der Waals surface area contributed by atoms with Gasteiger partial charge in [-0.05, 0) is 44.0 Å². The highest BCUT2D eigenvalue weighted by Gasteiger charge is 2.09. The van der Waals surface area contributed by atoms with Gasteiger partial charge in [-0.1, -0.05) is 19.1 Å². The van der Waals surface area contributed by atoms with Crippen molar-refractivity contribution < 1.29 is 4.79 Å². The maximum atomic E-state index is 12.3. The number of aryl methyl sites for hydroxylation is 1. The van der Waals surface area contributed by atoms with Crippen molar-refractivity contribution in [3.05, 3.63) is 53.3 Å². The van der Waals surface area contributed by atoms with Crippen LogP contribution < -0.4 is 16.0 Å². The second-order valence-electron chi connectivity index (χ2n) is 6.48. The number of aromatic nitrogens is 2. The number of hydrogen-bond donors (Lipinski definition) is 3. The van der Waals surface area contributed by atoms with Crippen molar-refractivity contribution in [1.29, 1.82) is 0 Å². The third-order valence-corrected chi connectivity index (χ3v) is 4.30. The fraction of sp³-hybridized carbons (Fsp3) is 0.450. The molecule has 27 heavy (non-hydrogen) atoms. The first-order valence-electron chi connectivity index (χ1n) is 9.42. The molecule has 0 spiro atoms. The molecule has 0 aliphatic rings. The Labute approximate surface area is 161 Å². The minimum Gasteiger partial charge on any atom is -0.357 e. The second-order valence-corrected chi connectivity index (χ2v) is 6.48. The van der Waals surface area contributed by atoms with E-state index in [0.717, 1.165) is 30.2 Å². The van der Waals surface area contributed by atoms with Gasteiger partial charge in [0.15, 0.2) is 5.96 Å². The number of nitrogens with zero attached hydrogens (tertiary/aromatic N) is 3. The van der Waals surface area contributed by atoms with E-state index in [9.17, 15) is 4.79 Å². The Morgan fingerprint density at radius 1 is 1.26 bits per heavy atom. The molecule has 3 N–H and O–H groups in total.